The van der Waals surface area contributed by atoms with Gasteiger partial charge in [0.1, 0.15) is 0 Å². The molecule has 0 saturated heterocycles. The summed E-state index contributed by atoms with van der Waals surface area (Å²) in [4.78, 5) is 24.6. The number of carbonyl (C=O) groups is 2. The van der Waals surface area contributed by atoms with Gasteiger partial charge in [-0.3, -0.25) is 9.59 Å². The van der Waals surface area contributed by atoms with Gasteiger partial charge in [-0.05, 0) is 25.7 Å². The minimum atomic E-state index is -0.681. The molecule has 0 aromatic rings. The quantitative estimate of drug-likeness (QED) is 0.0417. The van der Waals surface area contributed by atoms with Gasteiger partial charge < -0.3 is 20.3 Å². The molecule has 0 saturated carbocycles. The lowest BCUT2D eigenvalue weighted by atomic mass is 10.0. The molecule has 0 heterocycles. The van der Waals surface area contributed by atoms with Crippen molar-refractivity contribution in [1.82, 2.24) is 5.32 Å². The number of aliphatic hydroxyl groups is 2. The summed E-state index contributed by atoms with van der Waals surface area (Å²) in [5, 5.41) is 23.3. The lowest BCUT2D eigenvalue weighted by molar-refractivity contribution is -0.143. The van der Waals surface area contributed by atoms with Crippen LogP contribution in [0.5, 0.6) is 0 Å². The van der Waals surface area contributed by atoms with Crippen molar-refractivity contribution in [3.05, 3.63) is 0 Å². The second-order valence-electron chi connectivity index (χ2n) is 20.7. The maximum absolute atomic E-state index is 12.5. The largest absolute Gasteiger partial charge is 0.466 e. The van der Waals surface area contributed by atoms with Crippen molar-refractivity contribution in [3.63, 3.8) is 0 Å². The van der Waals surface area contributed by atoms with Crippen LogP contribution in [0, 0.1) is 0 Å². The van der Waals surface area contributed by atoms with Crippen molar-refractivity contribution in [2.75, 3.05) is 13.2 Å². The van der Waals surface area contributed by atoms with Crippen LogP contribution in [-0.4, -0.2) is 47.4 Å². The topological polar surface area (TPSA) is 95.9 Å². The molecule has 1 amide bonds. The minimum Gasteiger partial charge on any atom is -0.466 e. The zero-order valence-electron chi connectivity index (χ0n) is 44.3. The first kappa shape index (κ1) is 63.9. The molecule has 0 aliphatic rings. The number of hydrogen-bond donors (Lipinski definition) is 3. The summed E-state index contributed by atoms with van der Waals surface area (Å²) in [7, 11) is 0. The third-order valence-electron chi connectivity index (χ3n) is 14.2. The number of nitrogens with one attached hydrogen (secondary N) is 1. The van der Waals surface area contributed by atoms with Crippen molar-refractivity contribution >= 4 is 11.9 Å². The Morgan fingerprint density at radius 3 is 0.938 bits per heavy atom. The molecule has 0 bridgehead atoms. The average Bonchev–Trinajstić information content (AvgIpc) is 3.31. The second-order valence-corrected chi connectivity index (χ2v) is 20.7. The summed E-state index contributed by atoms with van der Waals surface area (Å²) < 4.78 is 5.47. The van der Waals surface area contributed by atoms with Crippen LogP contribution >= 0.6 is 0 Å². The molecule has 0 aliphatic heterocycles. The number of aliphatic hydroxyl groups excluding tert-OH is 2. The molecule has 388 valence electrons. The number of ether oxygens (including phenoxy) is 1. The van der Waals surface area contributed by atoms with Gasteiger partial charge in [0.2, 0.25) is 5.91 Å². The van der Waals surface area contributed by atoms with E-state index in [1.807, 2.05) is 0 Å². The molecular weight excluding hydrogens is 803 g/mol. The number of unbranched alkanes of at least 4 members (excludes halogenated alkanes) is 45. The molecule has 0 aromatic carbocycles. The fraction of sp³-hybridized carbons (Fsp3) is 0.966. The molecule has 2 unspecified atom stereocenters. The van der Waals surface area contributed by atoms with Gasteiger partial charge in [-0.25, -0.2) is 0 Å². The highest BCUT2D eigenvalue weighted by atomic mass is 16.5. The molecule has 2 atom stereocenters. The summed E-state index contributed by atoms with van der Waals surface area (Å²) in [5.74, 6) is -0.0770. The first-order valence-electron chi connectivity index (χ1n) is 29.8. The van der Waals surface area contributed by atoms with Crippen LogP contribution in [-0.2, 0) is 14.3 Å². The van der Waals surface area contributed by atoms with E-state index in [1.54, 1.807) is 0 Å². The van der Waals surface area contributed by atoms with Gasteiger partial charge in [-0.15, -0.1) is 0 Å². The normalized spacial score (nSPS) is 12.5. The predicted octanol–water partition coefficient (Wildman–Crippen LogP) is 18.3. The van der Waals surface area contributed by atoms with Crippen LogP contribution in [0.3, 0.4) is 0 Å². The van der Waals surface area contributed by atoms with Crippen molar-refractivity contribution < 1.29 is 24.5 Å². The number of amides is 1. The Morgan fingerprint density at radius 2 is 0.631 bits per heavy atom. The van der Waals surface area contributed by atoms with Gasteiger partial charge in [0.05, 0.1) is 25.4 Å². The number of rotatable bonds is 56. The molecule has 65 heavy (non-hydrogen) atoms. The Labute approximate surface area is 406 Å². The highest BCUT2D eigenvalue weighted by molar-refractivity contribution is 5.76. The molecule has 0 rings (SSSR count). The zero-order valence-corrected chi connectivity index (χ0v) is 44.3. The van der Waals surface area contributed by atoms with Crippen LogP contribution < -0.4 is 5.32 Å². The van der Waals surface area contributed by atoms with E-state index in [0.29, 0.717) is 25.9 Å². The minimum absolute atomic E-state index is 0.0198. The van der Waals surface area contributed by atoms with Gasteiger partial charge >= 0.3 is 5.97 Å². The van der Waals surface area contributed by atoms with Crippen LogP contribution in [0.25, 0.3) is 0 Å². The summed E-state index contributed by atoms with van der Waals surface area (Å²) in [6.07, 6.45) is 63.8. The van der Waals surface area contributed by atoms with E-state index in [1.165, 1.54) is 250 Å². The summed E-state index contributed by atoms with van der Waals surface area (Å²) >= 11 is 0. The van der Waals surface area contributed by atoms with Crippen LogP contribution in [0.15, 0.2) is 0 Å². The average molecular weight is 921 g/mol. The summed E-state index contributed by atoms with van der Waals surface area (Å²) in [6, 6.07) is -0.561. The van der Waals surface area contributed by atoms with E-state index in [0.717, 1.165) is 57.8 Å². The molecule has 6 heteroatoms. The Kier molecular flexibility index (Phi) is 54.5. The Balaban J connectivity index is 3.44. The van der Waals surface area contributed by atoms with Gasteiger partial charge in [-0.2, -0.15) is 0 Å². The first-order chi connectivity index (χ1) is 32.0. The van der Waals surface area contributed by atoms with Crippen LogP contribution in [0.2, 0.25) is 0 Å². The third-order valence-corrected chi connectivity index (χ3v) is 14.2. The molecular formula is C59H117NO5. The summed E-state index contributed by atoms with van der Waals surface area (Å²) in [6.45, 7) is 4.93. The van der Waals surface area contributed by atoms with E-state index in [2.05, 4.69) is 19.2 Å². The van der Waals surface area contributed by atoms with Crippen molar-refractivity contribution in [2.45, 2.75) is 353 Å². The lowest BCUT2D eigenvalue weighted by Gasteiger charge is -2.22. The van der Waals surface area contributed by atoms with Gasteiger partial charge in [0.15, 0.2) is 0 Å². The molecule has 3 N–H and O–H groups in total. The lowest BCUT2D eigenvalue weighted by Crippen LogP contribution is -2.45. The van der Waals surface area contributed by atoms with E-state index >= 15 is 0 Å². The number of carbonyl (C=O) groups excluding carboxylic acids is 2. The van der Waals surface area contributed by atoms with Crippen LogP contribution in [0.4, 0.5) is 0 Å². The Morgan fingerprint density at radius 1 is 0.369 bits per heavy atom. The predicted molar refractivity (Wildman–Crippen MR) is 283 cm³/mol. The standard InChI is InChI=1S/C59H117NO5/c1-3-5-7-9-11-13-15-17-19-21-22-23-24-25-26-27-28-30-32-35-39-43-47-51-57(62)56(55-61)60-58(63)52-48-44-40-36-34-38-42-46-50-54-65-59(64)53-49-45-41-37-33-31-29-20-18-16-14-12-10-8-6-4-2/h56-57,61-62H,3-55H2,1-2H3,(H,60,63). The van der Waals surface area contributed by atoms with Gasteiger partial charge in [0.25, 0.3) is 0 Å². The van der Waals surface area contributed by atoms with Gasteiger partial charge in [-0.1, -0.05) is 303 Å². The molecule has 6 nitrogen and oxygen atoms in total. The maximum atomic E-state index is 12.5. The van der Waals surface area contributed by atoms with Crippen LogP contribution in [0.1, 0.15) is 341 Å². The molecule has 0 aromatic heterocycles. The SMILES string of the molecule is CCCCCCCCCCCCCCCCCCCCCCCCCC(O)C(CO)NC(=O)CCCCCCCCCCCOC(=O)CCCCCCCCCCCCCCCCCC. The van der Waals surface area contributed by atoms with Gasteiger partial charge in [0, 0.05) is 12.8 Å². The number of esters is 1. The molecule has 0 spiro atoms. The van der Waals surface area contributed by atoms with E-state index in [9.17, 15) is 19.8 Å². The highest BCUT2D eigenvalue weighted by Crippen LogP contribution is 2.18. The van der Waals surface area contributed by atoms with E-state index in [4.69, 9.17) is 4.74 Å². The molecule has 0 aliphatic carbocycles. The van der Waals surface area contributed by atoms with Crippen molar-refractivity contribution in [1.29, 1.82) is 0 Å². The van der Waals surface area contributed by atoms with Crippen molar-refractivity contribution in [2.24, 2.45) is 0 Å². The Bertz CT molecular complexity index is 928. The third kappa shape index (κ3) is 52.1. The molecule has 0 radical (unpaired) electrons. The fourth-order valence-corrected chi connectivity index (χ4v) is 9.58. The van der Waals surface area contributed by atoms with E-state index in [-0.39, 0.29) is 18.5 Å². The zero-order chi connectivity index (χ0) is 47.2. The fourth-order valence-electron chi connectivity index (χ4n) is 9.58. The Hall–Kier alpha value is -1.14. The first-order valence-corrected chi connectivity index (χ1v) is 29.8. The number of hydrogen-bond acceptors (Lipinski definition) is 5. The highest BCUT2D eigenvalue weighted by Gasteiger charge is 2.20. The maximum Gasteiger partial charge on any atom is 0.305 e. The smallest absolute Gasteiger partial charge is 0.305 e. The second kappa shape index (κ2) is 55.5. The summed E-state index contributed by atoms with van der Waals surface area (Å²) in [5.41, 5.74) is 0. The van der Waals surface area contributed by atoms with Crippen molar-refractivity contribution in [3.8, 4) is 0 Å². The monoisotopic (exact) mass is 920 g/mol. The molecule has 0 fully saturated rings. The van der Waals surface area contributed by atoms with E-state index < -0.39 is 12.1 Å².